The molecule has 0 aliphatic rings. The standard InChI is InChI=1S/C10H11ClN2O/c1-6(13-14)9-5-12-10-3-2-7(11)4-8(9)10/h2-6,12-14H,1H3. The molecule has 2 rings (SSSR count). The third-order valence-corrected chi connectivity index (χ3v) is 2.57. The van der Waals surface area contributed by atoms with Crippen molar-refractivity contribution in [3.63, 3.8) is 0 Å². The van der Waals surface area contributed by atoms with Crippen LogP contribution in [0.15, 0.2) is 24.4 Å². The van der Waals surface area contributed by atoms with E-state index < -0.39 is 0 Å². The lowest BCUT2D eigenvalue weighted by molar-refractivity contribution is 0.134. The van der Waals surface area contributed by atoms with Crippen LogP contribution in [0.25, 0.3) is 10.9 Å². The third-order valence-electron chi connectivity index (χ3n) is 2.34. The van der Waals surface area contributed by atoms with E-state index in [4.69, 9.17) is 16.8 Å². The monoisotopic (exact) mass is 210 g/mol. The Balaban J connectivity index is 2.61. The first-order valence-electron chi connectivity index (χ1n) is 4.38. The molecule has 1 atom stereocenters. The lowest BCUT2D eigenvalue weighted by Gasteiger charge is -2.06. The Morgan fingerprint density at radius 3 is 3.00 bits per heavy atom. The Morgan fingerprint density at radius 2 is 2.29 bits per heavy atom. The van der Waals surface area contributed by atoms with Crippen molar-refractivity contribution in [1.29, 1.82) is 0 Å². The first kappa shape index (κ1) is 9.52. The Morgan fingerprint density at radius 1 is 1.50 bits per heavy atom. The lowest BCUT2D eigenvalue weighted by atomic mass is 10.1. The van der Waals surface area contributed by atoms with E-state index in [0.717, 1.165) is 16.5 Å². The summed E-state index contributed by atoms with van der Waals surface area (Å²) in [6, 6.07) is 5.53. The van der Waals surface area contributed by atoms with Crippen LogP contribution in [0.3, 0.4) is 0 Å². The number of fused-ring (bicyclic) bond motifs is 1. The Hall–Kier alpha value is -1.03. The molecular formula is C10H11ClN2O. The Kier molecular flexibility index (Phi) is 2.46. The second-order valence-electron chi connectivity index (χ2n) is 3.28. The molecule has 0 aliphatic carbocycles. The number of benzene rings is 1. The molecule has 2 aromatic rings. The van der Waals surface area contributed by atoms with Crippen LogP contribution < -0.4 is 5.48 Å². The van der Waals surface area contributed by atoms with Crippen molar-refractivity contribution in [1.82, 2.24) is 10.5 Å². The van der Waals surface area contributed by atoms with Crippen molar-refractivity contribution in [2.45, 2.75) is 13.0 Å². The summed E-state index contributed by atoms with van der Waals surface area (Å²) in [6.07, 6.45) is 1.87. The molecule has 0 fully saturated rings. The smallest absolute Gasteiger partial charge is 0.0561 e. The quantitative estimate of drug-likeness (QED) is 0.668. The van der Waals surface area contributed by atoms with Gasteiger partial charge in [0.05, 0.1) is 6.04 Å². The number of rotatable bonds is 2. The highest BCUT2D eigenvalue weighted by Gasteiger charge is 2.09. The highest BCUT2D eigenvalue weighted by atomic mass is 35.5. The number of nitrogens with one attached hydrogen (secondary N) is 2. The fraction of sp³-hybridized carbons (Fsp3) is 0.200. The number of H-pyrrole nitrogens is 1. The number of hydrogen-bond donors (Lipinski definition) is 3. The van der Waals surface area contributed by atoms with Crippen LogP contribution in [0.1, 0.15) is 18.5 Å². The zero-order valence-corrected chi connectivity index (χ0v) is 8.47. The molecule has 0 aliphatic heterocycles. The Bertz CT molecular complexity index is 452. The van der Waals surface area contributed by atoms with E-state index in [-0.39, 0.29) is 6.04 Å². The molecule has 14 heavy (non-hydrogen) atoms. The highest BCUT2D eigenvalue weighted by molar-refractivity contribution is 6.31. The van der Waals surface area contributed by atoms with Gasteiger partial charge in [-0.25, -0.2) is 0 Å². The SMILES string of the molecule is CC(NO)c1c[nH]c2ccc(Cl)cc12. The molecule has 1 aromatic carbocycles. The molecule has 1 heterocycles. The average molecular weight is 211 g/mol. The van der Waals surface area contributed by atoms with E-state index in [0.29, 0.717) is 5.02 Å². The van der Waals surface area contributed by atoms with Gasteiger partial charge in [0.2, 0.25) is 0 Å². The van der Waals surface area contributed by atoms with Gasteiger partial charge >= 0.3 is 0 Å². The zero-order valence-electron chi connectivity index (χ0n) is 7.71. The normalized spacial score (nSPS) is 13.4. The molecular weight excluding hydrogens is 200 g/mol. The van der Waals surface area contributed by atoms with Crippen LogP contribution in [0, 0.1) is 0 Å². The summed E-state index contributed by atoms with van der Waals surface area (Å²) in [7, 11) is 0. The van der Waals surface area contributed by atoms with Crippen molar-refractivity contribution >= 4 is 22.5 Å². The van der Waals surface area contributed by atoms with Gasteiger partial charge < -0.3 is 10.2 Å². The summed E-state index contributed by atoms with van der Waals surface area (Å²) >= 11 is 5.90. The van der Waals surface area contributed by atoms with E-state index in [1.807, 2.05) is 31.3 Å². The highest BCUT2D eigenvalue weighted by Crippen LogP contribution is 2.26. The first-order chi connectivity index (χ1) is 6.72. The predicted octanol–water partition coefficient (Wildman–Crippen LogP) is 2.86. The lowest BCUT2D eigenvalue weighted by Crippen LogP contribution is -2.12. The van der Waals surface area contributed by atoms with Gasteiger partial charge in [0.15, 0.2) is 0 Å². The summed E-state index contributed by atoms with van der Waals surface area (Å²) in [4.78, 5) is 3.12. The van der Waals surface area contributed by atoms with Crippen LogP contribution >= 0.6 is 11.6 Å². The van der Waals surface area contributed by atoms with Gasteiger partial charge in [0, 0.05) is 22.1 Å². The van der Waals surface area contributed by atoms with E-state index in [2.05, 4.69) is 10.5 Å². The zero-order chi connectivity index (χ0) is 10.1. The van der Waals surface area contributed by atoms with Crippen LogP contribution in [-0.2, 0) is 0 Å². The van der Waals surface area contributed by atoms with Crippen LogP contribution in [0.2, 0.25) is 5.02 Å². The van der Waals surface area contributed by atoms with Gasteiger partial charge in [-0.1, -0.05) is 11.6 Å². The molecule has 0 saturated heterocycles. The predicted molar refractivity (Wildman–Crippen MR) is 56.6 cm³/mol. The number of hydroxylamine groups is 1. The summed E-state index contributed by atoms with van der Waals surface area (Å²) in [5.41, 5.74) is 4.24. The molecule has 3 N–H and O–H groups in total. The maximum absolute atomic E-state index is 8.84. The van der Waals surface area contributed by atoms with Crippen molar-refractivity contribution in [3.05, 3.63) is 35.0 Å². The summed E-state index contributed by atoms with van der Waals surface area (Å²) in [6.45, 7) is 1.88. The van der Waals surface area contributed by atoms with Gasteiger partial charge in [-0.3, -0.25) is 0 Å². The minimum atomic E-state index is -0.109. The van der Waals surface area contributed by atoms with E-state index in [9.17, 15) is 0 Å². The van der Waals surface area contributed by atoms with Gasteiger partial charge in [0.25, 0.3) is 0 Å². The van der Waals surface area contributed by atoms with E-state index in [1.165, 1.54) is 0 Å². The molecule has 0 spiro atoms. The van der Waals surface area contributed by atoms with Gasteiger partial charge in [-0.05, 0) is 30.7 Å². The largest absolute Gasteiger partial charge is 0.361 e. The molecule has 0 bridgehead atoms. The summed E-state index contributed by atoms with van der Waals surface area (Å²) in [5.74, 6) is 0. The van der Waals surface area contributed by atoms with E-state index >= 15 is 0 Å². The van der Waals surface area contributed by atoms with Crippen LogP contribution in [-0.4, -0.2) is 10.2 Å². The topological polar surface area (TPSA) is 48.0 Å². The second kappa shape index (κ2) is 3.61. The van der Waals surface area contributed by atoms with Crippen molar-refractivity contribution < 1.29 is 5.21 Å². The minimum Gasteiger partial charge on any atom is -0.361 e. The maximum Gasteiger partial charge on any atom is 0.0561 e. The van der Waals surface area contributed by atoms with Crippen LogP contribution in [0.4, 0.5) is 0 Å². The van der Waals surface area contributed by atoms with Crippen LogP contribution in [0.5, 0.6) is 0 Å². The summed E-state index contributed by atoms with van der Waals surface area (Å²) in [5, 5.41) is 10.6. The maximum atomic E-state index is 8.84. The van der Waals surface area contributed by atoms with Gasteiger partial charge in [-0.2, -0.15) is 5.48 Å². The fourth-order valence-corrected chi connectivity index (χ4v) is 1.71. The van der Waals surface area contributed by atoms with Crippen molar-refractivity contribution in [3.8, 4) is 0 Å². The fourth-order valence-electron chi connectivity index (χ4n) is 1.54. The molecule has 1 aromatic heterocycles. The number of halogens is 1. The number of aromatic amines is 1. The Labute approximate surface area is 86.7 Å². The number of aromatic nitrogens is 1. The molecule has 0 saturated carbocycles. The molecule has 74 valence electrons. The van der Waals surface area contributed by atoms with Gasteiger partial charge in [-0.15, -0.1) is 0 Å². The van der Waals surface area contributed by atoms with Crippen molar-refractivity contribution in [2.75, 3.05) is 0 Å². The molecule has 3 nitrogen and oxygen atoms in total. The number of hydrogen-bond acceptors (Lipinski definition) is 2. The molecule has 0 radical (unpaired) electrons. The molecule has 4 heteroatoms. The van der Waals surface area contributed by atoms with E-state index in [1.54, 1.807) is 0 Å². The second-order valence-corrected chi connectivity index (χ2v) is 3.72. The van der Waals surface area contributed by atoms with Gasteiger partial charge in [0.1, 0.15) is 0 Å². The molecule has 0 amide bonds. The average Bonchev–Trinajstić information content (AvgIpc) is 2.59. The third kappa shape index (κ3) is 1.50. The minimum absolute atomic E-state index is 0.109. The molecule has 1 unspecified atom stereocenters. The first-order valence-corrected chi connectivity index (χ1v) is 4.76. The van der Waals surface area contributed by atoms with Crippen molar-refractivity contribution in [2.24, 2.45) is 0 Å². The summed E-state index contributed by atoms with van der Waals surface area (Å²) < 4.78 is 0.